The summed E-state index contributed by atoms with van der Waals surface area (Å²) in [6, 6.07) is 11.5. The van der Waals surface area contributed by atoms with E-state index in [1.807, 2.05) is 0 Å². The van der Waals surface area contributed by atoms with Gasteiger partial charge in [0.2, 0.25) is 0 Å². The second kappa shape index (κ2) is 5.96. The Morgan fingerprint density at radius 1 is 1.04 bits per heavy atom. The average Bonchev–Trinajstić information content (AvgIpc) is 2.53. The number of carboxylic acid groups (broad SMARTS) is 1. The van der Waals surface area contributed by atoms with E-state index in [2.05, 4.69) is 4.98 Å². The number of benzene rings is 2. The zero-order valence-electron chi connectivity index (χ0n) is 11.8. The Balaban J connectivity index is 2.06. The number of para-hydroxylation sites is 1. The van der Waals surface area contributed by atoms with Gasteiger partial charge in [0, 0.05) is 17.0 Å². The summed E-state index contributed by atoms with van der Waals surface area (Å²) in [5.74, 6) is -2.41. The molecule has 1 N–H and O–H groups in total. The first-order valence-electron chi connectivity index (χ1n) is 6.81. The van der Waals surface area contributed by atoms with Gasteiger partial charge in [0.15, 0.2) is 0 Å². The Hall–Kier alpha value is -3.08. The van der Waals surface area contributed by atoms with Crippen molar-refractivity contribution in [1.29, 1.82) is 0 Å². The first kappa shape index (κ1) is 14.8. The van der Waals surface area contributed by atoms with Crippen LogP contribution >= 0.6 is 0 Å². The summed E-state index contributed by atoms with van der Waals surface area (Å²) in [5, 5.41) is 9.85. The summed E-state index contributed by atoms with van der Waals surface area (Å²) < 4.78 is 26.5. The van der Waals surface area contributed by atoms with Gasteiger partial charge >= 0.3 is 5.97 Å². The smallest absolute Gasteiger partial charge is 0.336 e. The van der Waals surface area contributed by atoms with Crippen molar-refractivity contribution in [3.05, 3.63) is 77.0 Å². The van der Waals surface area contributed by atoms with Crippen LogP contribution in [0.3, 0.4) is 0 Å². The van der Waals surface area contributed by atoms with E-state index >= 15 is 0 Å². The first-order chi connectivity index (χ1) is 11.0. The van der Waals surface area contributed by atoms with Crippen molar-refractivity contribution in [3.8, 4) is 0 Å². The Morgan fingerprint density at radius 3 is 2.57 bits per heavy atom. The molecule has 3 rings (SSSR count). The van der Waals surface area contributed by atoms with E-state index < -0.39 is 17.6 Å². The van der Waals surface area contributed by atoms with Gasteiger partial charge in [-0.1, -0.05) is 18.2 Å². The van der Waals surface area contributed by atoms with E-state index in [1.165, 1.54) is 24.3 Å². The summed E-state index contributed by atoms with van der Waals surface area (Å²) in [4.78, 5) is 15.7. The van der Waals surface area contributed by atoms with Crippen molar-refractivity contribution in [1.82, 2.24) is 4.98 Å². The highest BCUT2D eigenvalue weighted by atomic mass is 19.1. The number of aromatic nitrogens is 1. The molecular weight excluding hydrogens is 300 g/mol. The third-order valence-corrected chi connectivity index (χ3v) is 3.36. The maximum Gasteiger partial charge on any atom is 0.336 e. The second-order valence-corrected chi connectivity index (χ2v) is 4.92. The second-order valence-electron chi connectivity index (χ2n) is 4.92. The molecule has 3 nitrogen and oxygen atoms in total. The van der Waals surface area contributed by atoms with Gasteiger partial charge in [-0.05, 0) is 36.4 Å². The van der Waals surface area contributed by atoms with Crippen LogP contribution in [0, 0.1) is 11.6 Å². The SMILES string of the molecule is O=C(O)c1cc(/C=C/c2ccc(F)cc2F)nc2ccccc12. The predicted molar refractivity (Wildman–Crippen MR) is 84.0 cm³/mol. The van der Waals surface area contributed by atoms with Crippen LogP contribution in [-0.2, 0) is 0 Å². The van der Waals surface area contributed by atoms with Gasteiger partial charge in [-0.25, -0.2) is 18.6 Å². The molecule has 0 spiro atoms. The molecule has 23 heavy (non-hydrogen) atoms. The number of hydrogen-bond donors (Lipinski definition) is 1. The molecular formula is C18H11F2NO2. The van der Waals surface area contributed by atoms with Crippen molar-refractivity contribution < 1.29 is 18.7 Å². The van der Waals surface area contributed by atoms with Gasteiger partial charge < -0.3 is 5.11 Å². The largest absolute Gasteiger partial charge is 0.478 e. The van der Waals surface area contributed by atoms with Gasteiger partial charge in [0.25, 0.3) is 0 Å². The molecule has 0 amide bonds. The average molecular weight is 311 g/mol. The molecule has 0 atom stereocenters. The van der Waals surface area contributed by atoms with Crippen LogP contribution in [0.4, 0.5) is 8.78 Å². The molecule has 114 valence electrons. The summed E-state index contributed by atoms with van der Waals surface area (Å²) in [6.45, 7) is 0. The molecule has 0 aliphatic heterocycles. The van der Waals surface area contributed by atoms with E-state index in [0.717, 1.165) is 12.1 Å². The van der Waals surface area contributed by atoms with Crippen LogP contribution in [0.1, 0.15) is 21.6 Å². The normalized spacial score (nSPS) is 11.2. The number of aromatic carboxylic acids is 1. The fourth-order valence-electron chi connectivity index (χ4n) is 2.27. The Morgan fingerprint density at radius 2 is 1.83 bits per heavy atom. The lowest BCUT2D eigenvalue weighted by atomic mass is 10.1. The Bertz CT molecular complexity index is 935. The highest BCUT2D eigenvalue weighted by molar-refractivity contribution is 6.03. The van der Waals surface area contributed by atoms with E-state index in [-0.39, 0.29) is 11.1 Å². The van der Waals surface area contributed by atoms with Crippen LogP contribution < -0.4 is 0 Å². The van der Waals surface area contributed by atoms with Crippen LogP contribution in [0.5, 0.6) is 0 Å². The van der Waals surface area contributed by atoms with E-state index in [0.29, 0.717) is 16.6 Å². The number of carbonyl (C=O) groups is 1. The molecule has 0 saturated heterocycles. The van der Waals surface area contributed by atoms with Crippen molar-refractivity contribution >= 4 is 29.0 Å². The molecule has 0 fully saturated rings. The lowest BCUT2D eigenvalue weighted by molar-refractivity contribution is 0.0699. The van der Waals surface area contributed by atoms with Crippen molar-refractivity contribution in [2.24, 2.45) is 0 Å². The third-order valence-electron chi connectivity index (χ3n) is 3.36. The highest BCUT2D eigenvalue weighted by Crippen LogP contribution is 2.20. The monoisotopic (exact) mass is 311 g/mol. The van der Waals surface area contributed by atoms with Crippen molar-refractivity contribution in [3.63, 3.8) is 0 Å². The fraction of sp³-hybridized carbons (Fsp3) is 0. The van der Waals surface area contributed by atoms with E-state index in [4.69, 9.17) is 0 Å². The van der Waals surface area contributed by atoms with Gasteiger partial charge in [-0.3, -0.25) is 0 Å². The fourth-order valence-corrected chi connectivity index (χ4v) is 2.27. The number of hydrogen-bond acceptors (Lipinski definition) is 2. The van der Waals surface area contributed by atoms with Gasteiger partial charge in [0.05, 0.1) is 16.8 Å². The number of carboxylic acids is 1. The first-order valence-corrected chi connectivity index (χ1v) is 6.81. The zero-order chi connectivity index (χ0) is 16.4. The summed E-state index contributed by atoms with van der Waals surface area (Å²) >= 11 is 0. The van der Waals surface area contributed by atoms with E-state index in [9.17, 15) is 18.7 Å². The summed E-state index contributed by atoms with van der Waals surface area (Å²) in [5.41, 5.74) is 1.23. The molecule has 5 heteroatoms. The van der Waals surface area contributed by atoms with Crippen LogP contribution in [0.15, 0.2) is 48.5 Å². The molecule has 0 aliphatic rings. The molecule has 0 unspecified atom stereocenters. The van der Waals surface area contributed by atoms with Crippen LogP contribution in [0.2, 0.25) is 0 Å². The van der Waals surface area contributed by atoms with Crippen molar-refractivity contribution in [2.45, 2.75) is 0 Å². The number of halogens is 2. The van der Waals surface area contributed by atoms with Gasteiger partial charge in [-0.15, -0.1) is 0 Å². The predicted octanol–water partition coefficient (Wildman–Crippen LogP) is 4.38. The highest BCUT2D eigenvalue weighted by Gasteiger charge is 2.10. The Labute approximate surface area is 130 Å². The maximum absolute atomic E-state index is 13.6. The number of pyridine rings is 1. The molecule has 1 heterocycles. The molecule has 1 aromatic heterocycles. The lowest BCUT2D eigenvalue weighted by Gasteiger charge is -2.04. The summed E-state index contributed by atoms with van der Waals surface area (Å²) in [6.07, 6.45) is 2.92. The van der Waals surface area contributed by atoms with Crippen LogP contribution in [0.25, 0.3) is 23.1 Å². The Kier molecular flexibility index (Phi) is 3.85. The third kappa shape index (κ3) is 3.08. The minimum Gasteiger partial charge on any atom is -0.478 e. The van der Waals surface area contributed by atoms with Crippen LogP contribution in [-0.4, -0.2) is 16.1 Å². The minimum atomic E-state index is -1.06. The quantitative estimate of drug-likeness (QED) is 0.781. The van der Waals surface area contributed by atoms with Crippen molar-refractivity contribution in [2.75, 3.05) is 0 Å². The number of nitrogens with zero attached hydrogens (tertiary/aromatic N) is 1. The number of fused-ring (bicyclic) bond motifs is 1. The zero-order valence-corrected chi connectivity index (χ0v) is 11.8. The molecule has 3 aromatic rings. The van der Waals surface area contributed by atoms with Gasteiger partial charge in [-0.2, -0.15) is 0 Å². The lowest BCUT2D eigenvalue weighted by Crippen LogP contribution is -2.00. The molecule has 0 bridgehead atoms. The maximum atomic E-state index is 13.6. The standard InChI is InChI=1S/C18H11F2NO2/c19-12-7-5-11(16(20)9-12)6-8-13-10-15(18(22)23)14-3-1-2-4-17(14)21-13/h1-10H,(H,22,23)/b8-6+. The van der Waals surface area contributed by atoms with E-state index in [1.54, 1.807) is 24.3 Å². The number of rotatable bonds is 3. The molecule has 0 radical (unpaired) electrons. The minimum absolute atomic E-state index is 0.120. The molecule has 0 saturated carbocycles. The topological polar surface area (TPSA) is 50.2 Å². The summed E-state index contributed by atoms with van der Waals surface area (Å²) in [7, 11) is 0. The molecule has 2 aromatic carbocycles. The molecule has 0 aliphatic carbocycles. The van der Waals surface area contributed by atoms with Gasteiger partial charge in [0.1, 0.15) is 11.6 Å².